The summed E-state index contributed by atoms with van der Waals surface area (Å²) in [5.74, 6) is -1.45. The highest BCUT2D eigenvalue weighted by Crippen LogP contribution is 2.28. The Kier molecular flexibility index (Phi) is 3.70. The van der Waals surface area contributed by atoms with Crippen molar-refractivity contribution in [3.63, 3.8) is 0 Å². The predicted octanol–water partition coefficient (Wildman–Crippen LogP) is 2.46. The molecule has 1 aliphatic rings. The van der Waals surface area contributed by atoms with Gasteiger partial charge in [-0.2, -0.15) is 0 Å². The molecule has 0 aliphatic heterocycles. The molecule has 1 unspecified atom stereocenters. The molecule has 0 radical (unpaired) electrons. The number of aromatic nitrogens is 1. The van der Waals surface area contributed by atoms with Gasteiger partial charge in [0.2, 0.25) is 0 Å². The first-order chi connectivity index (χ1) is 10.6. The van der Waals surface area contributed by atoms with Gasteiger partial charge in [-0.15, -0.1) is 0 Å². The molecule has 1 N–H and O–H groups in total. The molecular formula is C16H14N2O4. The zero-order chi connectivity index (χ0) is 15.6. The quantitative estimate of drug-likeness (QED) is 0.532. The van der Waals surface area contributed by atoms with E-state index in [1.54, 1.807) is 6.08 Å². The second kappa shape index (κ2) is 5.67. The van der Waals surface area contributed by atoms with Gasteiger partial charge >= 0.3 is 0 Å². The Bertz CT molecular complexity index is 730. The first-order valence-corrected chi connectivity index (χ1v) is 6.79. The lowest BCUT2D eigenvalue weighted by molar-refractivity contribution is -0.385. The van der Waals surface area contributed by atoms with Crippen LogP contribution in [0.1, 0.15) is 16.8 Å². The highest BCUT2D eigenvalue weighted by molar-refractivity contribution is 5.58. The summed E-state index contributed by atoms with van der Waals surface area (Å²) in [6.07, 6.45) is 4.45. The van der Waals surface area contributed by atoms with Gasteiger partial charge in [-0.1, -0.05) is 36.4 Å². The number of fused-ring (bicyclic) bond motifs is 1. The third kappa shape index (κ3) is 3.03. The van der Waals surface area contributed by atoms with Gasteiger partial charge in [-0.25, -0.2) is 0 Å². The van der Waals surface area contributed by atoms with Crippen LogP contribution in [0.5, 0.6) is 0 Å². The first-order valence-electron chi connectivity index (χ1n) is 6.79. The molecule has 1 aromatic heterocycles. The van der Waals surface area contributed by atoms with Gasteiger partial charge in [-0.3, -0.25) is 15.1 Å². The van der Waals surface area contributed by atoms with Gasteiger partial charge in [0.05, 0.1) is 17.2 Å². The molecule has 1 atom stereocenters. The van der Waals surface area contributed by atoms with E-state index in [1.807, 2.05) is 30.3 Å². The monoisotopic (exact) mass is 298 g/mol. The minimum absolute atomic E-state index is 0.0703. The van der Waals surface area contributed by atoms with Crippen LogP contribution in [-0.4, -0.2) is 20.8 Å². The van der Waals surface area contributed by atoms with Crippen molar-refractivity contribution in [1.29, 1.82) is 0 Å². The lowest BCUT2D eigenvalue weighted by Gasteiger charge is -2.28. The fraction of sp³-hybridized carbons (Fsp3) is 0.188. The van der Waals surface area contributed by atoms with Gasteiger partial charge < -0.3 is 9.84 Å². The molecule has 0 bridgehead atoms. The number of nitrogens with zero attached hydrogens (tertiary/aromatic N) is 2. The van der Waals surface area contributed by atoms with Crippen LogP contribution in [0.4, 0.5) is 5.69 Å². The summed E-state index contributed by atoms with van der Waals surface area (Å²) < 4.78 is 5.59. The van der Waals surface area contributed by atoms with Crippen molar-refractivity contribution in [1.82, 2.24) is 4.98 Å². The third-order valence-electron chi connectivity index (χ3n) is 3.48. The number of nitro groups is 1. The van der Waals surface area contributed by atoms with Gasteiger partial charge in [0.15, 0.2) is 5.79 Å². The summed E-state index contributed by atoms with van der Waals surface area (Å²) in [6, 6.07) is 11.0. The maximum atomic E-state index is 10.7. The number of pyridine rings is 1. The minimum atomic E-state index is -1.45. The number of rotatable bonds is 4. The largest absolute Gasteiger partial charge is 0.362 e. The van der Waals surface area contributed by atoms with Gasteiger partial charge in [-0.05, 0) is 11.6 Å². The Balaban J connectivity index is 1.75. The molecule has 6 nitrogen and oxygen atoms in total. The Hall–Kier alpha value is -2.57. The molecule has 112 valence electrons. The van der Waals surface area contributed by atoms with Crippen molar-refractivity contribution < 1.29 is 14.8 Å². The number of benzene rings is 1. The van der Waals surface area contributed by atoms with Crippen LogP contribution in [-0.2, 0) is 17.8 Å². The highest BCUT2D eigenvalue weighted by Gasteiger charge is 2.30. The molecule has 3 rings (SSSR count). The normalized spacial score (nSPS) is 19.7. The van der Waals surface area contributed by atoms with E-state index in [-0.39, 0.29) is 18.7 Å². The van der Waals surface area contributed by atoms with E-state index in [9.17, 15) is 15.2 Å². The summed E-state index contributed by atoms with van der Waals surface area (Å²) in [5, 5.41) is 21.2. The highest BCUT2D eigenvalue weighted by atomic mass is 16.6. The van der Waals surface area contributed by atoms with Gasteiger partial charge in [0.25, 0.3) is 5.69 Å². The lowest BCUT2D eigenvalue weighted by atomic mass is 9.97. The fourth-order valence-corrected chi connectivity index (χ4v) is 2.29. The van der Waals surface area contributed by atoms with Crippen molar-refractivity contribution in [2.75, 3.05) is 0 Å². The SMILES string of the molecule is O=[N+]([O-])c1cnc2c(c1)C=CC(O)(OCc1ccccc1)C2. The Morgan fingerprint density at radius 2 is 2.14 bits per heavy atom. The van der Waals surface area contributed by atoms with Crippen molar-refractivity contribution in [3.05, 3.63) is 75.6 Å². The topological polar surface area (TPSA) is 85.5 Å². The molecule has 0 saturated carbocycles. The van der Waals surface area contributed by atoms with Crippen LogP contribution < -0.4 is 0 Å². The first kappa shape index (κ1) is 14.4. The molecule has 0 saturated heterocycles. The molecule has 2 aromatic rings. The van der Waals surface area contributed by atoms with Crippen molar-refractivity contribution in [2.24, 2.45) is 0 Å². The number of aliphatic hydroxyl groups is 1. The van der Waals surface area contributed by atoms with Crippen LogP contribution in [0.2, 0.25) is 0 Å². The minimum Gasteiger partial charge on any atom is -0.362 e. The van der Waals surface area contributed by atoms with E-state index in [1.165, 1.54) is 18.3 Å². The van der Waals surface area contributed by atoms with Crippen LogP contribution in [0, 0.1) is 10.1 Å². The van der Waals surface area contributed by atoms with Gasteiger partial charge in [0, 0.05) is 18.1 Å². The van der Waals surface area contributed by atoms with Gasteiger partial charge in [0.1, 0.15) is 6.20 Å². The zero-order valence-electron chi connectivity index (χ0n) is 11.7. The molecule has 0 spiro atoms. The Morgan fingerprint density at radius 1 is 1.36 bits per heavy atom. The van der Waals surface area contributed by atoms with E-state index in [2.05, 4.69) is 4.98 Å². The van der Waals surface area contributed by atoms with Crippen molar-refractivity contribution in [2.45, 2.75) is 18.8 Å². The molecule has 22 heavy (non-hydrogen) atoms. The maximum Gasteiger partial charge on any atom is 0.288 e. The molecule has 1 heterocycles. The number of hydrogen-bond donors (Lipinski definition) is 1. The average Bonchev–Trinajstić information content (AvgIpc) is 2.53. The third-order valence-corrected chi connectivity index (χ3v) is 3.48. The molecule has 1 aliphatic carbocycles. The van der Waals surface area contributed by atoms with Crippen LogP contribution in [0.15, 0.2) is 48.7 Å². The molecule has 0 amide bonds. The predicted molar refractivity (Wildman–Crippen MR) is 79.8 cm³/mol. The summed E-state index contributed by atoms with van der Waals surface area (Å²) in [6.45, 7) is 0.268. The van der Waals surface area contributed by atoms with Crippen molar-refractivity contribution in [3.8, 4) is 0 Å². The molecular weight excluding hydrogens is 284 g/mol. The fourth-order valence-electron chi connectivity index (χ4n) is 2.29. The zero-order valence-corrected chi connectivity index (χ0v) is 11.7. The lowest BCUT2D eigenvalue weighted by Crippen LogP contribution is -2.34. The van der Waals surface area contributed by atoms with E-state index < -0.39 is 10.7 Å². The molecule has 1 aromatic carbocycles. The molecule has 0 fully saturated rings. The second-order valence-corrected chi connectivity index (χ2v) is 5.12. The van der Waals surface area contributed by atoms with Crippen LogP contribution in [0.25, 0.3) is 6.08 Å². The number of ether oxygens (including phenoxy) is 1. The Labute approximate surface area is 126 Å². The van der Waals surface area contributed by atoms with E-state index >= 15 is 0 Å². The second-order valence-electron chi connectivity index (χ2n) is 5.12. The standard InChI is InChI=1S/C16H14N2O4/c19-16(22-11-12-4-2-1-3-5-12)7-6-13-8-14(18(20)21)10-17-15(13)9-16/h1-8,10,19H,9,11H2. The van der Waals surface area contributed by atoms with Crippen LogP contribution in [0.3, 0.4) is 0 Å². The number of hydrogen-bond acceptors (Lipinski definition) is 5. The smallest absolute Gasteiger partial charge is 0.288 e. The van der Waals surface area contributed by atoms with E-state index in [0.717, 1.165) is 5.56 Å². The summed E-state index contributed by atoms with van der Waals surface area (Å²) in [7, 11) is 0. The van der Waals surface area contributed by atoms with Crippen molar-refractivity contribution >= 4 is 11.8 Å². The van der Waals surface area contributed by atoms with E-state index in [0.29, 0.717) is 11.3 Å². The summed E-state index contributed by atoms with van der Waals surface area (Å²) in [4.78, 5) is 14.3. The maximum absolute atomic E-state index is 10.7. The molecule has 6 heteroatoms. The summed E-state index contributed by atoms with van der Waals surface area (Å²) >= 11 is 0. The van der Waals surface area contributed by atoms with Crippen LogP contribution >= 0.6 is 0 Å². The van der Waals surface area contributed by atoms with E-state index in [4.69, 9.17) is 4.74 Å². The Morgan fingerprint density at radius 3 is 2.86 bits per heavy atom. The summed E-state index contributed by atoms with van der Waals surface area (Å²) in [5.41, 5.74) is 2.08. The average molecular weight is 298 g/mol.